The first-order valence-corrected chi connectivity index (χ1v) is 11.6. The van der Waals surface area contributed by atoms with Gasteiger partial charge in [0, 0.05) is 43.4 Å². The lowest BCUT2D eigenvalue weighted by Crippen LogP contribution is -2.70. The van der Waals surface area contributed by atoms with Crippen molar-refractivity contribution in [1.29, 1.82) is 0 Å². The van der Waals surface area contributed by atoms with Gasteiger partial charge in [0.2, 0.25) is 5.78 Å². The van der Waals surface area contributed by atoms with Crippen LogP contribution in [0.25, 0.3) is 0 Å². The van der Waals surface area contributed by atoms with Crippen molar-refractivity contribution in [3.8, 4) is 0 Å². The molecule has 0 bridgehead atoms. The Morgan fingerprint density at radius 1 is 1.16 bits per heavy atom. The van der Waals surface area contributed by atoms with Crippen LogP contribution in [0.5, 0.6) is 0 Å². The molecule has 5 rings (SSSR count). The monoisotopic (exact) mass is 441 g/mol. The molecular formula is C23H31N5O4. The second-order valence-electron chi connectivity index (χ2n) is 9.80. The van der Waals surface area contributed by atoms with Gasteiger partial charge in [0.15, 0.2) is 5.82 Å². The van der Waals surface area contributed by atoms with Crippen LogP contribution < -0.4 is 16.2 Å². The number of H-pyrrole nitrogens is 1. The Kier molecular flexibility index (Phi) is 5.21. The van der Waals surface area contributed by atoms with Crippen molar-refractivity contribution in [2.75, 3.05) is 44.8 Å². The molecule has 3 heterocycles. The Morgan fingerprint density at radius 3 is 2.66 bits per heavy atom. The maximum atomic E-state index is 13.4. The molecule has 1 aromatic rings. The van der Waals surface area contributed by atoms with Crippen LogP contribution in [-0.4, -0.2) is 71.9 Å². The van der Waals surface area contributed by atoms with E-state index in [1.807, 2.05) is 0 Å². The van der Waals surface area contributed by atoms with Gasteiger partial charge in [-0.15, -0.1) is 0 Å². The normalized spacial score (nSPS) is 28.3. The molecule has 4 aliphatic rings. The Hall–Kier alpha value is -2.52. The lowest BCUT2D eigenvalue weighted by molar-refractivity contribution is -0.134. The van der Waals surface area contributed by atoms with E-state index in [9.17, 15) is 14.4 Å². The summed E-state index contributed by atoms with van der Waals surface area (Å²) in [4.78, 5) is 50.2. The fourth-order valence-corrected chi connectivity index (χ4v) is 5.77. The fraction of sp³-hybridized carbons (Fsp3) is 0.652. The molecule has 2 saturated heterocycles. The molecule has 172 valence electrons. The van der Waals surface area contributed by atoms with Gasteiger partial charge >= 0.3 is 0 Å². The van der Waals surface area contributed by atoms with Crippen LogP contribution in [0.4, 0.5) is 5.82 Å². The summed E-state index contributed by atoms with van der Waals surface area (Å²) in [7, 11) is 2.08. The van der Waals surface area contributed by atoms with Crippen molar-refractivity contribution < 1.29 is 14.3 Å². The zero-order valence-electron chi connectivity index (χ0n) is 18.6. The molecular weight excluding hydrogens is 410 g/mol. The SMILES string of the molecule is CN1CCN(c2cc(=O)[nH]c(C(=O)C3=C(N)[C@]4(CCCCC4=O)CCC3)n2)CC12COC2. The summed E-state index contributed by atoms with van der Waals surface area (Å²) in [5, 5.41) is 0. The first-order chi connectivity index (χ1) is 15.3. The number of aromatic amines is 1. The molecule has 32 heavy (non-hydrogen) atoms. The third-order valence-corrected chi connectivity index (χ3v) is 7.95. The maximum Gasteiger partial charge on any atom is 0.253 e. The number of hydrogen-bond donors (Lipinski definition) is 2. The third kappa shape index (κ3) is 3.29. The van der Waals surface area contributed by atoms with Gasteiger partial charge in [-0.3, -0.25) is 19.3 Å². The van der Waals surface area contributed by atoms with Crippen LogP contribution in [0, 0.1) is 5.41 Å². The lowest BCUT2D eigenvalue weighted by Gasteiger charge is -2.54. The number of carbonyl (C=O) groups is 2. The summed E-state index contributed by atoms with van der Waals surface area (Å²) in [6.45, 7) is 3.52. The van der Waals surface area contributed by atoms with Crippen LogP contribution in [-0.2, 0) is 9.53 Å². The van der Waals surface area contributed by atoms with Crippen LogP contribution in [0.3, 0.4) is 0 Å². The van der Waals surface area contributed by atoms with Crippen molar-refractivity contribution in [1.82, 2.24) is 14.9 Å². The number of piperazine rings is 1. The highest BCUT2D eigenvalue weighted by Gasteiger charge is 2.47. The number of anilines is 1. The molecule has 9 heteroatoms. The number of aromatic nitrogens is 2. The average Bonchev–Trinajstić information content (AvgIpc) is 2.76. The van der Waals surface area contributed by atoms with Gasteiger partial charge in [0.05, 0.1) is 24.2 Å². The summed E-state index contributed by atoms with van der Waals surface area (Å²) in [5.74, 6) is 0.278. The van der Waals surface area contributed by atoms with E-state index in [1.165, 1.54) is 6.07 Å². The third-order valence-electron chi connectivity index (χ3n) is 7.95. The number of hydrogen-bond acceptors (Lipinski definition) is 8. The molecule has 2 aliphatic carbocycles. The molecule has 3 N–H and O–H groups in total. The zero-order valence-corrected chi connectivity index (χ0v) is 18.6. The average molecular weight is 442 g/mol. The number of allylic oxidation sites excluding steroid dienone is 2. The summed E-state index contributed by atoms with van der Waals surface area (Å²) < 4.78 is 5.45. The van der Waals surface area contributed by atoms with E-state index in [4.69, 9.17) is 10.5 Å². The summed E-state index contributed by atoms with van der Waals surface area (Å²) in [5.41, 5.74) is 6.19. The number of nitrogens with one attached hydrogen (secondary N) is 1. The van der Waals surface area contributed by atoms with Crippen molar-refractivity contribution in [3.63, 3.8) is 0 Å². The van der Waals surface area contributed by atoms with E-state index in [1.54, 1.807) is 0 Å². The number of likely N-dealkylation sites (N-methyl/N-ethyl adjacent to an activating group) is 1. The number of Topliss-reactive ketones (excluding diaryl/α,β-unsaturated/α-hetero) is 2. The zero-order chi connectivity index (χ0) is 22.5. The Balaban J connectivity index is 1.46. The van der Waals surface area contributed by atoms with Crippen molar-refractivity contribution in [3.05, 3.63) is 33.5 Å². The van der Waals surface area contributed by atoms with Crippen LogP contribution >= 0.6 is 0 Å². The van der Waals surface area contributed by atoms with Gasteiger partial charge in [-0.2, -0.15) is 0 Å². The minimum atomic E-state index is -0.715. The number of ether oxygens (including phenoxy) is 1. The number of ketones is 2. The molecule has 0 aromatic carbocycles. The molecule has 1 atom stereocenters. The quantitative estimate of drug-likeness (QED) is 0.667. The van der Waals surface area contributed by atoms with Crippen LogP contribution in [0.1, 0.15) is 55.6 Å². The van der Waals surface area contributed by atoms with Crippen LogP contribution in [0.15, 0.2) is 22.1 Å². The minimum absolute atomic E-state index is 0.00333. The highest BCUT2D eigenvalue weighted by molar-refractivity contribution is 6.08. The molecule has 2 spiro atoms. The minimum Gasteiger partial charge on any atom is -0.401 e. The molecule has 0 amide bonds. The van der Waals surface area contributed by atoms with E-state index in [0.717, 1.165) is 25.8 Å². The summed E-state index contributed by atoms with van der Waals surface area (Å²) >= 11 is 0. The van der Waals surface area contributed by atoms with Crippen molar-refractivity contribution >= 4 is 17.4 Å². The van der Waals surface area contributed by atoms with Gasteiger partial charge in [-0.05, 0) is 39.2 Å². The van der Waals surface area contributed by atoms with Gasteiger partial charge < -0.3 is 20.4 Å². The molecule has 3 fully saturated rings. The van der Waals surface area contributed by atoms with E-state index in [2.05, 4.69) is 26.8 Å². The second-order valence-corrected chi connectivity index (χ2v) is 9.80. The largest absolute Gasteiger partial charge is 0.401 e. The highest BCUT2D eigenvalue weighted by atomic mass is 16.5. The fourth-order valence-electron chi connectivity index (χ4n) is 5.77. The molecule has 9 nitrogen and oxygen atoms in total. The van der Waals surface area contributed by atoms with Gasteiger partial charge in [-0.25, -0.2) is 4.98 Å². The Labute approximate surface area is 187 Å². The number of carbonyl (C=O) groups excluding carboxylic acids is 2. The van der Waals surface area contributed by atoms with Gasteiger partial charge in [0.25, 0.3) is 5.56 Å². The molecule has 1 saturated carbocycles. The predicted octanol–water partition coefficient (Wildman–Crippen LogP) is 1.000. The molecule has 1 aromatic heterocycles. The van der Waals surface area contributed by atoms with Gasteiger partial charge in [-0.1, -0.05) is 6.42 Å². The number of nitrogens with zero attached hydrogens (tertiary/aromatic N) is 3. The Bertz CT molecular complexity index is 1040. The standard InChI is InChI=1S/C23H31N5O4/c1-27-9-10-28(12-22(27)13-32-14-22)17-11-18(30)26-21(25-17)19(31)15-5-4-8-23(20(15)24)7-3-2-6-16(23)29/h11H,2-10,12-14,24H2,1H3,(H,25,26,30)/t23-/m1/s1. The van der Waals surface area contributed by atoms with Gasteiger partial charge in [0.1, 0.15) is 11.6 Å². The molecule has 0 unspecified atom stereocenters. The second kappa shape index (κ2) is 7.81. The van der Waals surface area contributed by atoms with Crippen LogP contribution in [0.2, 0.25) is 0 Å². The van der Waals surface area contributed by atoms with E-state index in [0.29, 0.717) is 69.1 Å². The summed E-state index contributed by atoms with van der Waals surface area (Å²) in [6.07, 6.45) is 4.97. The topological polar surface area (TPSA) is 122 Å². The first-order valence-electron chi connectivity index (χ1n) is 11.6. The molecule has 0 radical (unpaired) electrons. The van der Waals surface area contributed by atoms with E-state index in [-0.39, 0.29) is 28.5 Å². The highest BCUT2D eigenvalue weighted by Crippen LogP contribution is 2.47. The van der Waals surface area contributed by atoms with E-state index >= 15 is 0 Å². The first kappa shape index (κ1) is 21.3. The number of rotatable bonds is 3. The maximum absolute atomic E-state index is 13.4. The van der Waals surface area contributed by atoms with Crippen molar-refractivity contribution in [2.24, 2.45) is 11.1 Å². The molecule has 2 aliphatic heterocycles. The van der Waals surface area contributed by atoms with E-state index < -0.39 is 5.41 Å². The lowest BCUT2D eigenvalue weighted by atomic mass is 9.64. The number of nitrogens with two attached hydrogens (primary N) is 1. The smallest absolute Gasteiger partial charge is 0.253 e. The predicted molar refractivity (Wildman–Crippen MR) is 119 cm³/mol. The summed E-state index contributed by atoms with van der Waals surface area (Å²) in [6, 6.07) is 1.44. The van der Waals surface area contributed by atoms with Crippen molar-refractivity contribution in [2.45, 2.75) is 50.5 Å². The Morgan fingerprint density at radius 2 is 1.94 bits per heavy atom.